The van der Waals surface area contributed by atoms with Crippen LogP contribution in [-0.2, 0) is 33.3 Å². The van der Waals surface area contributed by atoms with Crippen molar-refractivity contribution in [1.29, 1.82) is 0 Å². The van der Waals surface area contributed by atoms with Crippen molar-refractivity contribution in [2.24, 2.45) is 17.3 Å². The molecule has 8 nitrogen and oxygen atoms in total. The van der Waals surface area contributed by atoms with Gasteiger partial charge in [0, 0.05) is 11.0 Å². The number of carbonyl (C=O) groups is 2. The topological polar surface area (TPSA) is 110 Å². The molecule has 31 heavy (non-hydrogen) atoms. The van der Waals surface area contributed by atoms with E-state index in [1.165, 1.54) is 6.26 Å². The Hall–Kier alpha value is -1.90. The summed E-state index contributed by atoms with van der Waals surface area (Å²) < 4.78 is 31.1. The number of hydrogen-bond acceptors (Lipinski definition) is 7. The summed E-state index contributed by atoms with van der Waals surface area (Å²) in [5, 5.41) is 9.06. The van der Waals surface area contributed by atoms with Gasteiger partial charge in [0.1, 0.15) is 30.0 Å². The van der Waals surface area contributed by atoms with E-state index < -0.39 is 28.9 Å². The predicted octanol–water partition coefficient (Wildman–Crippen LogP) is 1.73. The summed E-state index contributed by atoms with van der Waals surface area (Å²) in [4.78, 5) is 23.3. The van der Waals surface area contributed by atoms with Crippen LogP contribution in [0.5, 0.6) is 0 Å². The Labute approximate surface area is 179 Å². The Morgan fingerprint density at radius 3 is 2.81 bits per heavy atom. The molecule has 7 aliphatic rings. The van der Waals surface area contributed by atoms with Crippen molar-refractivity contribution >= 4 is 11.9 Å². The van der Waals surface area contributed by atoms with E-state index in [2.05, 4.69) is 20.8 Å². The van der Waals surface area contributed by atoms with Gasteiger partial charge in [0.05, 0.1) is 18.4 Å². The maximum Gasteiger partial charge on any atom is 0.334 e. The molecule has 0 unspecified atom stereocenters. The Morgan fingerprint density at radius 2 is 2.06 bits per heavy atom. The lowest BCUT2D eigenvalue weighted by Crippen LogP contribution is -2.69. The first-order valence-electron chi connectivity index (χ1n) is 11.2. The number of carboxylic acids is 1. The number of aliphatic carboxylic acids is 1. The van der Waals surface area contributed by atoms with E-state index in [9.17, 15) is 9.59 Å². The van der Waals surface area contributed by atoms with Crippen molar-refractivity contribution in [3.05, 3.63) is 23.5 Å². The molecule has 4 aliphatic heterocycles. The van der Waals surface area contributed by atoms with Gasteiger partial charge in [-0.25, -0.2) is 9.59 Å². The lowest BCUT2D eigenvalue weighted by molar-refractivity contribution is -0.136. The first kappa shape index (κ1) is 18.7. The van der Waals surface area contributed by atoms with Gasteiger partial charge < -0.3 is 28.8 Å². The normalized spacial score (nSPS) is 54.8. The SMILES string of the molecule is CC(C)[C@]12O[C@H]1[C@@H]1O[C@]13[C@]1(O[C@H]1C[C@H]1C4=C(CC[C@@]13C)C(=O)OC4)[C@@H]2O/C=C/C(=O)O. The van der Waals surface area contributed by atoms with Crippen LogP contribution in [0.2, 0.25) is 0 Å². The fraction of sp³-hybridized carbons (Fsp3) is 0.739. The highest BCUT2D eigenvalue weighted by Crippen LogP contribution is 2.83. The standard InChI is InChI=1S/C23H26O8/c1-10(2)21-16(30-21)17-23(31-17)20(3)6-4-11-12(9-28-18(11)26)13(20)8-14-22(23,29-14)19(21)27-7-5-15(24)25/h5,7,10,13-14,16-17,19H,4,6,8-9H2,1-3H3,(H,24,25)/b7-5+/t13-,14-,16-,17-,19+,20-,21-,22+,23+/m0/s1. The summed E-state index contributed by atoms with van der Waals surface area (Å²) >= 11 is 0. The molecular weight excluding hydrogens is 404 g/mol. The minimum atomic E-state index is -1.06. The number of rotatable bonds is 4. The van der Waals surface area contributed by atoms with Crippen molar-refractivity contribution in [3.8, 4) is 0 Å². The molecule has 0 radical (unpaired) electrons. The Kier molecular flexibility index (Phi) is 3.12. The van der Waals surface area contributed by atoms with Crippen LogP contribution in [0.1, 0.15) is 40.0 Å². The third kappa shape index (κ3) is 1.77. The molecule has 166 valence electrons. The molecule has 7 rings (SSSR count). The molecule has 3 aliphatic carbocycles. The second-order valence-corrected chi connectivity index (χ2v) is 10.7. The van der Waals surface area contributed by atoms with Crippen molar-refractivity contribution in [2.75, 3.05) is 6.61 Å². The molecule has 9 atom stereocenters. The maximum atomic E-state index is 12.2. The van der Waals surface area contributed by atoms with Crippen LogP contribution >= 0.6 is 0 Å². The Balaban J connectivity index is 1.34. The molecule has 0 aromatic rings. The second-order valence-electron chi connectivity index (χ2n) is 10.7. The monoisotopic (exact) mass is 430 g/mol. The van der Waals surface area contributed by atoms with Gasteiger partial charge >= 0.3 is 11.9 Å². The average molecular weight is 430 g/mol. The average Bonchev–Trinajstić information content (AvgIpc) is 3.60. The molecule has 2 spiro atoms. The van der Waals surface area contributed by atoms with Gasteiger partial charge in [-0.15, -0.1) is 0 Å². The van der Waals surface area contributed by atoms with E-state index in [0.29, 0.717) is 13.0 Å². The van der Waals surface area contributed by atoms with Crippen molar-refractivity contribution in [2.45, 2.75) is 81.3 Å². The molecule has 0 aromatic heterocycles. The zero-order chi connectivity index (χ0) is 21.6. The number of fused-ring (bicyclic) bond motifs is 4. The summed E-state index contributed by atoms with van der Waals surface area (Å²) in [6.45, 7) is 6.84. The number of esters is 1. The number of epoxide rings is 3. The highest BCUT2D eigenvalue weighted by Gasteiger charge is 3.01. The van der Waals surface area contributed by atoms with E-state index >= 15 is 0 Å². The lowest BCUT2D eigenvalue weighted by Gasteiger charge is -2.53. The van der Waals surface area contributed by atoms with E-state index in [4.69, 9.17) is 28.8 Å². The van der Waals surface area contributed by atoms with Gasteiger partial charge in [0.2, 0.25) is 0 Å². The van der Waals surface area contributed by atoms with Crippen LogP contribution < -0.4 is 0 Å². The predicted molar refractivity (Wildman–Crippen MR) is 103 cm³/mol. The first-order valence-corrected chi connectivity index (χ1v) is 11.2. The number of carbonyl (C=O) groups excluding carboxylic acids is 1. The molecule has 8 heteroatoms. The van der Waals surface area contributed by atoms with E-state index in [1.54, 1.807) is 0 Å². The molecule has 2 saturated carbocycles. The van der Waals surface area contributed by atoms with Crippen molar-refractivity contribution in [1.82, 2.24) is 0 Å². The van der Waals surface area contributed by atoms with Gasteiger partial charge in [-0.2, -0.15) is 0 Å². The van der Waals surface area contributed by atoms with Gasteiger partial charge in [0.15, 0.2) is 11.7 Å². The molecule has 5 fully saturated rings. The molecular formula is C23H26O8. The second kappa shape index (κ2) is 5.18. The van der Waals surface area contributed by atoms with Crippen LogP contribution in [0, 0.1) is 17.3 Å². The van der Waals surface area contributed by atoms with Crippen LogP contribution in [-0.4, -0.2) is 64.9 Å². The number of hydrogen-bond donors (Lipinski definition) is 1. The molecule has 1 N–H and O–H groups in total. The van der Waals surface area contributed by atoms with Gasteiger partial charge in [-0.05, 0) is 36.7 Å². The maximum absolute atomic E-state index is 12.2. The Morgan fingerprint density at radius 1 is 1.26 bits per heavy atom. The first-order chi connectivity index (χ1) is 14.7. The van der Waals surface area contributed by atoms with Gasteiger partial charge in [-0.3, -0.25) is 0 Å². The summed E-state index contributed by atoms with van der Waals surface area (Å²) in [7, 11) is 0. The van der Waals surface area contributed by atoms with Crippen molar-refractivity contribution < 1.29 is 38.4 Å². The fourth-order valence-corrected chi connectivity index (χ4v) is 8.05. The number of cyclic esters (lactones) is 1. The van der Waals surface area contributed by atoms with Crippen LogP contribution in [0.3, 0.4) is 0 Å². The van der Waals surface area contributed by atoms with Gasteiger partial charge in [-0.1, -0.05) is 20.8 Å². The highest BCUT2D eigenvalue weighted by atomic mass is 16.8. The van der Waals surface area contributed by atoms with Crippen LogP contribution in [0.4, 0.5) is 0 Å². The molecule has 0 amide bonds. The molecule has 0 bridgehead atoms. The Bertz CT molecular complexity index is 1000. The smallest absolute Gasteiger partial charge is 0.334 e. The largest absolute Gasteiger partial charge is 0.491 e. The quantitative estimate of drug-likeness (QED) is 0.311. The van der Waals surface area contributed by atoms with Gasteiger partial charge in [0.25, 0.3) is 0 Å². The third-order valence-electron chi connectivity index (χ3n) is 9.49. The van der Waals surface area contributed by atoms with E-state index in [0.717, 1.165) is 30.1 Å². The zero-order valence-electron chi connectivity index (χ0n) is 17.8. The summed E-state index contributed by atoms with van der Waals surface area (Å²) in [6.07, 6.45) is 3.86. The number of ether oxygens (including phenoxy) is 5. The van der Waals surface area contributed by atoms with E-state index in [-0.39, 0.29) is 41.5 Å². The zero-order valence-corrected chi connectivity index (χ0v) is 17.8. The minimum Gasteiger partial charge on any atom is -0.491 e. The molecule has 3 saturated heterocycles. The molecule has 0 aromatic carbocycles. The lowest BCUT2D eigenvalue weighted by atomic mass is 9.46. The third-order valence-corrected chi connectivity index (χ3v) is 9.49. The summed E-state index contributed by atoms with van der Waals surface area (Å²) in [5.41, 5.74) is -0.0331. The van der Waals surface area contributed by atoms with Crippen LogP contribution in [0.25, 0.3) is 0 Å². The summed E-state index contributed by atoms with van der Waals surface area (Å²) in [5.74, 6) is -0.913. The van der Waals surface area contributed by atoms with E-state index in [1.807, 2.05) is 0 Å². The minimum absolute atomic E-state index is 0.0730. The fourth-order valence-electron chi connectivity index (χ4n) is 8.05. The summed E-state index contributed by atoms with van der Waals surface area (Å²) in [6, 6.07) is 0. The molecule has 4 heterocycles. The highest BCUT2D eigenvalue weighted by molar-refractivity contribution is 5.92. The van der Waals surface area contributed by atoms with Crippen LogP contribution in [0.15, 0.2) is 23.5 Å². The van der Waals surface area contributed by atoms with Crippen molar-refractivity contribution in [3.63, 3.8) is 0 Å². The number of carboxylic acid groups (broad SMARTS) is 1.